The smallest absolute Gasteiger partial charge is 0.262 e. The summed E-state index contributed by atoms with van der Waals surface area (Å²) in [6.07, 6.45) is 0. The number of nitrogens with zero attached hydrogens (tertiary/aromatic N) is 1. The predicted molar refractivity (Wildman–Crippen MR) is 118 cm³/mol. The molecule has 2 aromatic rings. The molecule has 0 amide bonds. The van der Waals surface area contributed by atoms with Crippen molar-refractivity contribution < 1.29 is 13.2 Å². The molecule has 6 nitrogen and oxygen atoms in total. The zero-order valence-electron chi connectivity index (χ0n) is 14.8. The Morgan fingerprint density at radius 3 is 2.32 bits per heavy atom. The number of methoxy groups -OCH3 is 1. The van der Waals surface area contributed by atoms with Crippen LogP contribution >= 0.6 is 47.2 Å². The molecule has 11 heteroatoms. The molecule has 154 valence electrons. The summed E-state index contributed by atoms with van der Waals surface area (Å²) in [4.78, 5) is 2.18. The predicted octanol–water partition coefficient (Wildman–Crippen LogP) is 4.29. The van der Waals surface area contributed by atoms with Crippen LogP contribution in [0.25, 0.3) is 0 Å². The Balaban J connectivity index is 0.00000280. The first-order valence-corrected chi connectivity index (χ1v) is 10.7. The largest absolute Gasteiger partial charge is 0.495 e. The summed E-state index contributed by atoms with van der Waals surface area (Å²) in [7, 11) is -2.33. The summed E-state index contributed by atoms with van der Waals surface area (Å²) in [5, 5.41) is 3.87. The van der Waals surface area contributed by atoms with Crippen molar-refractivity contribution in [1.82, 2.24) is 5.32 Å². The van der Waals surface area contributed by atoms with Crippen LogP contribution in [-0.4, -0.2) is 41.7 Å². The zero-order valence-corrected chi connectivity index (χ0v) is 18.7. The third kappa shape index (κ3) is 5.09. The first-order chi connectivity index (χ1) is 12.8. The highest BCUT2D eigenvalue weighted by Gasteiger charge is 2.22. The first kappa shape index (κ1) is 23.2. The highest BCUT2D eigenvalue weighted by atomic mass is 35.5. The van der Waals surface area contributed by atoms with Crippen LogP contribution in [0.4, 0.5) is 11.4 Å². The second-order valence-electron chi connectivity index (χ2n) is 5.92. The molecular weight excluding hydrogens is 468 g/mol. The molecule has 0 spiro atoms. The van der Waals surface area contributed by atoms with Gasteiger partial charge in [0.15, 0.2) is 0 Å². The normalized spacial score (nSPS) is 14.4. The lowest BCUT2D eigenvalue weighted by Gasteiger charge is -2.30. The summed E-state index contributed by atoms with van der Waals surface area (Å²) in [6.45, 7) is 3.15. The topological polar surface area (TPSA) is 70.7 Å². The molecule has 0 aliphatic carbocycles. The molecule has 28 heavy (non-hydrogen) atoms. The molecule has 3 rings (SSSR count). The van der Waals surface area contributed by atoms with E-state index in [9.17, 15) is 8.42 Å². The van der Waals surface area contributed by atoms with E-state index in [1.54, 1.807) is 19.2 Å². The lowest BCUT2D eigenvalue weighted by molar-refractivity contribution is 0.412. The molecule has 2 N–H and O–H groups in total. The minimum atomic E-state index is -3.89. The first-order valence-electron chi connectivity index (χ1n) is 8.13. The number of hydrogen-bond acceptors (Lipinski definition) is 5. The van der Waals surface area contributed by atoms with E-state index in [1.807, 2.05) is 0 Å². The van der Waals surface area contributed by atoms with E-state index < -0.39 is 10.0 Å². The molecule has 1 aliphatic heterocycles. The highest BCUT2D eigenvalue weighted by Crippen LogP contribution is 2.35. The fourth-order valence-corrected chi connectivity index (χ4v) is 4.53. The maximum absolute atomic E-state index is 12.9. The summed E-state index contributed by atoms with van der Waals surface area (Å²) in [6, 6.07) is 7.49. The van der Waals surface area contributed by atoms with Crippen LogP contribution in [-0.2, 0) is 10.0 Å². The van der Waals surface area contributed by atoms with Crippen molar-refractivity contribution in [3.8, 4) is 5.75 Å². The van der Waals surface area contributed by atoms with Gasteiger partial charge in [0.05, 0.1) is 38.4 Å². The van der Waals surface area contributed by atoms with Crippen LogP contribution in [0.1, 0.15) is 0 Å². The molecule has 0 saturated carbocycles. The molecule has 1 fully saturated rings. The van der Waals surface area contributed by atoms with Gasteiger partial charge in [0.2, 0.25) is 0 Å². The maximum atomic E-state index is 12.9. The second kappa shape index (κ2) is 9.61. The fourth-order valence-electron chi connectivity index (χ4n) is 2.79. The van der Waals surface area contributed by atoms with Crippen LogP contribution in [0.5, 0.6) is 5.75 Å². The van der Waals surface area contributed by atoms with E-state index in [4.69, 9.17) is 39.5 Å². The molecule has 0 unspecified atom stereocenters. The lowest BCUT2D eigenvalue weighted by atomic mass is 10.2. The molecule has 2 aromatic carbocycles. The quantitative estimate of drug-likeness (QED) is 0.617. The minimum absolute atomic E-state index is 0. The molecule has 0 aromatic heterocycles. The van der Waals surface area contributed by atoms with E-state index in [-0.39, 0.29) is 38.1 Å². The monoisotopic (exact) mass is 485 g/mol. The van der Waals surface area contributed by atoms with Crippen molar-refractivity contribution in [2.24, 2.45) is 0 Å². The van der Waals surface area contributed by atoms with Crippen LogP contribution < -0.4 is 19.7 Å². The van der Waals surface area contributed by atoms with Gasteiger partial charge in [-0.2, -0.15) is 0 Å². The van der Waals surface area contributed by atoms with Gasteiger partial charge in [0.1, 0.15) is 5.75 Å². The Labute approximate surface area is 185 Å². The van der Waals surface area contributed by atoms with E-state index in [1.165, 1.54) is 18.2 Å². The SMILES string of the molecule is COc1ccc(S(=O)(=O)Nc2cc(Cl)c(Cl)cc2Cl)cc1N1CCNCC1.Cl. The van der Waals surface area contributed by atoms with E-state index in [0.717, 1.165) is 31.9 Å². The number of nitrogens with one attached hydrogen (secondary N) is 2. The molecule has 0 radical (unpaired) electrons. The van der Waals surface area contributed by atoms with Crippen LogP contribution in [0.2, 0.25) is 15.1 Å². The fraction of sp³-hybridized carbons (Fsp3) is 0.294. The van der Waals surface area contributed by atoms with Crippen molar-refractivity contribution in [3.63, 3.8) is 0 Å². The number of ether oxygens (including phenoxy) is 1. The van der Waals surface area contributed by atoms with Crippen LogP contribution in [0.15, 0.2) is 35.2 Å². The van der Waals surface area contributed by atoms with Crippen LogP contribution in [0, 0.1) is 0 Å². The van der Waals surface area contributed by atoms with Crippen molar-refractivity contribution in [3.05, 3.63) is 45.4 Å². The molecular formula is C17H19Cl4N3O3S. The Morgan fingerprint density at radius 2 is 1.68 bits per heavy atom. The van der Waals surface area contributed by atoms with Crippen molar-refractivity contribution >= 4 is 68.6 Å². The summed E-state index contributed by atoms with van der Waals surface area (Å²) in [5.74, 6) is 0.614. The Kier molecular flexibility index (Phi) is 7.96. The summed E-state index contributed by atoms with van der Waals surface area (Å²) >= 11 is 18.0. The highest BCUT2D eigenvalue weighted by molar-refractivity contribution is 7.92. The van der Waals surface area contributed by atoms with Crippen LogP contribution in [0.3, 0.4) is 0 Å². The van der Waals surface area contributed by atoms with Crippen molar-refractivity contribution in [2.75, 3.05) is 42.9 Å². The Hall–Kier alpha value is -1.09. The molecule has 1 heterocycles. The zero-order chi connectivity index (χ0) is 19.6. The van der Waals surface area contributed by atoms with Gasteiger partial charge < -0.3 is 15.0 Å². The van der Waals surface area contributed by atoms with E-state index >= 15 is 0 Å². The van der Waals surface area contributed by atoms with Gasteiger partial charge in [0.25, 0.3) is 10.0 Å². The number of halogens is 4. The number of piperazine rings is 1. The van der Waals surface area contributed by atoms with Gasteiger partial charge in [-0.25, -0.2) is 8.42 Å². The van der Waals surface area contributed by atoms with Gasteiger partial charge >= 0.3 is 0 Å². The lowest BCUT2D eigenvalue weighted by Crippen LogP contribution is -2.43. The van der Waals surface area contributed by atoms with Crippen molar-refractivity contribution in [2.45, 2.75) is 4.90 Å². The van der Waals surface area contributed by atoms with Gasteiger partial charge in [-0.3, -0.25) is 4.72 Å². The average molecular weight is 487 g/mol. The standard InChI is InChI=1S/C17H18Cl3N3O3S.ClH/c1-26-17-3-2-11(8-16(17)23-6-4-21-5-7-23)27(24,25)22-15-10-13(19)12(18)9-14(15)20;/h2-3,8-10,21-22H,4-7H2,1H3;1H. The summed E-state index contributed by atoms with van der Waals surface area (Å²) < 4.78 is 33.6. The number of hydrogen-bond donors (Lipinski definition) is 2. The number of sulfonamides is 1. The Bertz CT molecular complexity index is 951. The van der Waals surface area contributed by atoms with Crippen molar-refractivity contribution in [1.29, 1.82) is 0 Å². The van der Waals surface area contributed by atoms with Gasteiger partial charge in [-0.05, 0) is 30.3 Å². The summed E-state index contributed by atoms with van der Waals surface area (Å²) in [5.41, 5.74) is 0.882. The average Bonchev–Trinajstić information content (AvgIpc) is 2.66. The second-order valence-corrected chi connectivity index (χ2v) is 8.83. The molecule has 1 saturated heterocycles. The molecule has 0 atom stereocenters. The van der Waals surface area contributed by atoms with E-state index in [2.05, 4.69) is 14.9 Å². The Morgan fingerprint density at radius 1 is 1.04 bits per heavy atom. The van der Waals surface area contributed by atoms with Gasteiger partial charge in [-0.1, -0.05) is 34.8 Å². The minimum Gasteiger partial charge on any atom is -0.495 e. The number of rotatable bonds is 5. The van der Waals surface area contributed by atoms with Gasteiger partial charge in [-0.15, -0.1) is 12.4 Å². The van der Waals surface area contributed by atoms with E-state index in [0.29, 0.717) is 5.75 Å². The number of anilines is 2. The molecule has 0 bridgehead atoms. The molecule has 1 aliphatic rings. The third-order valence-electron chi connectivity index (χ3n) is 4.17. The number of benzene rings is 2. The maximum Gasteiger partial charge on any atom is 0.262 e. The third-order valence-corrected chi connectivity index (χ3v) is 6.57. The van der Waals surface area contributed by atoms with Gasteiger partial charge in [0, 0.05) is 26.2 Å².